The van der Waals surface area contributed by atoms with Crippen LogP contribution in [0.1, 0.15) is 19.8 Å². The lowest BCUT2D eigenvalue weighted by atomic mass is 10.4. The Bertz CT molecular complexity index is 135. The van der Waals surface area contributed by atoms with Gasteiger partial charge in [0.1, 0.15) is 0 Å². The highest BCUT2D eigenvalue weighted by Gasteiger charge is 2.39. The summed E-state index contributed by atoms with van der Waals surface area (Å²) < 4.78 is 38.9. The summed E-state index contributed by atoms with van der Waals surface area (Å²) in [5, 5.41) is 0. The smallest absolute Gasteiger partial charge is 0.353 e. The summed E-state index contributed by atoms with van der Waals surface area (Å²) >= 11 is 5.59. The van der Waals surface area contributed by atoms with Crippen molar-refractivity contribution in [2.75, 3.05) is 6.61 Å². The van der Waals surface area contributed by atoms with Crippen molar-refractivity contribution in [1.82, 2.24) is 0 Å². The van der Waals surface area contributed by atoms with E-state index in [0.717, 1.165) is 0 Å². The molecule has 0 atom stereocenters. The van der Waals surface area contributed by atoms with Gasteiger partial charge in [-0.2, -0.15) is 13.2 Å². The Morgan fingerprint density at radius 3 is 2.08 bits per heavy atom. The molecule has 0 aromatic rings. The van der Waals surface area contributed by atoms with E-state index in [1.165, 1.54) is 0 Å². The van der Waals surface area contributed by atoms with E-state index in [9.17, 15) is 13.2 Å². The van der Waals surface area contributed by atoms with Crippen molar-refractivity contribution < 1.29 is 17.9 Å². The molecular formula is C6H9Br2F3O. The molecule has 0 bridgehead atoms. The molecule has 0 saturated carbocycles. The molecule has 0 aromatic heterocycles. The van der Waals surface area contributed by atoms with Crippen LogP contribution in [0.2, 0.25) is 0 Å². The number of halogens is 5. The summed E-state index contributed by atoms with van der Waals surface area (Å²) in [6.45, 7) is 2.11. The molecule has 0 aliphatic heterocycles. The summed E-state index contributed by atoms with van der Waals surface area (Å²) in [4.78, 5) is 0. The van der Waals surface area contributed by atoms with E-state index in [4.69, 9.17) is 4.74 Å². The Labute approximate surface area is 85.9 Å². The predicted octanol–water partition coefficient (Wildman–Crippen LogP) is 3.81. The topological polar surface area (TPSA) is 9.23 Å². The van der Waals surface area contributed by atoms with Crippen LogP contribution >= 0.6 is 31.9 Å². The van der Waals surface area contributed by atoms with Crippen LogP contribution in [0.25, 0.3) is 0 Å². The normalized spacial score (nSPS) is 13.5. The zero-order chi connectivity index (χ0) is 9.83. The highest BCUT2D eigenvalue weighted by molar-refractivity contribution is 9.25. The minimum atomic E-state index is -4.24. The largest absolute Gasteiger partial charge is 0.393 e. The van der Waals surface area contributed by atoms with Crippen LogP contribution in [0.5, 0.6) is 0 Å². The Hall–Kier alpha value is 0.710. The van der Waals surface area contributed by atoms with Crippen molar-refractivity contribution >= 4 is 31.9 Å². The summed E-state index contributed by atoms with van der Waals surface area (Å²) in [6, 6.07) is 0. The lowest BCUT2D eigenvalue weighted by Crippen LogP contribution is -2.25. The molecule has 0 saturated heterocycles. The van der Waals surface area contributed by atoms with Crippen molar-refractivity contribution in [2.24, 2.45) is 0 Å². The molecule has 12 heavy (non-hydrogen) atoms. The Morgan fingerprint density at radius 1 is 1.25 bits per heavy atom. The Balaban J connectivity index is 3.86. The summed E-state index contributed by atoms with van der Waals surface area (Å²) in [5.41, 5.74) is 0. The molecule has 0 aromatic carbocycles. The van der Waals surface area contributed by atoms with Gasteiger partial charge in [-0.1, -0.05) is 6.92 Å². The molecule has 0 aliphatic carbocycles. The predicted molar refractivity (Wildman–Crippen MR) is 47.5 cm³/mol. The fraction of sp³-hybridized carbons (Fsp3) is 1.00. The monoisotopic (exact) mass is 312 g/mol. The third-order valence-electron chi connectivity index (χ3n) is 0.924. The lowest BCUT2D eigenvalue weighted by Gasteiger charge is -2.22. The van der Waals surface area contributed by atoms with Crippen molar-refractivity contribution in [3.8, 4) is 0 Å². The molecule has 0 aliphatic rings. The second-order valence-electron chi connectivity index (χ2n) is 2.28. The van der Waals surface area contributed by atoms with Crippen LogP contribution in [0.4, 0.5) is 13.2 Å². The quantitative estimate of drug-likeness (QED) is 0.717. The van der Waals surface area contributed by atoms with Crippen LogP contribution in [-0.2, 0) is 4.74 Å². The zero-order valence-electron chi connectivity index (χ0n) is 6.42. The van der Waals surface area contributed by atoms with Gasteiger partial charge in [0.05, 0.1) is 6.42 Å². The molecule has 1 nitrogen and oxygen atoms in total. The number of rotatable bonds is 4. The van der Waals surface area contributed by atoms with Crippen LogP contribution in [0.3, 0.4) is 0 Å². The molecule has 0 N–H and O–H groups in total. The van der Waals surface area contributed by atoms with E-state index in [2.05, 4.69) is 31.9 Å². The van der Waals surface area contributed by atoms with Crippen molar-refractivity contribution in [2.45, 2.75) is 29.4 Å². The first kappa shape index (κ1) is 12.7. The van der Waals surface area contributed by atoms with E-state index in [1.807, 2.05) is 6.92 Å². The van der Waals surface area contributed by atoms with Crippen molar-refractivity contribution in [1.29, 1.82) is 0 Å². The minimum absolute atomic E-state index is 0.284. The van der Waals surface area contributed by atoms with Gasteiger partial charge >= 0.3 is 6.18 Å². The van der Waals surface area contributed by atoms with Gasteiger partial charge in [0, 0.05) is 6.61 Å². The number of alkyl halides is 5. The number of ether oxygens (including phenoxy) is 1. The second-order valence-corrected chi connectivity index (χ2v) is 5.90. The van der Waals surface area contributed by atoms with Crippen LogP contribution in [0.15, 0.2) is 0 Å². The van der Waals surface area contributed by atoms with Gasteiger partial charge < -0.3 is 4.74 Å². The van der Waals surface area contributed by atoms with Crippen LogP contribution in [-0.4, -0.2) is 16.2 Å². The molecule has 0 amide bonds. The van der Waals surface area contributed by atoms with Gasteiger partial charge in [0.25, 0.3) is 0 Å². The summed E-state index contributed by atoms with van der Waals surface area (Å²) in [6.07, 6.45) is -4.61. The van der Waals surface area contributed by atoms with E-state index < -0.39 is 16.0 Å². The summed E-state index contributed by atoms with van der Waals surface area (Å²) in [5.74, 6) is 0. The van der Waals surface area contributed by atoms with Gasteiger partial charge in [-0.25, -0.2) is 0 Å². The summed E-state index contributed by atoms with van der Waals surface area (Å²) in [7, 11) is 0. The van der Waals surface area contributed by atoms with E-state index in [-0.39, 0.29) is 6.61 Å². The van der Waals surface area contributed by atoms with E-state index in [0.29, 0.717) is 6.42 Å². The number of hydrogen-bond acceptors (Lipinski definition) is 1. The molecule has 0 rings (SSSR count). The van der Waals surface area contributed by atoms with Gasteiger partial charge in [-0.15, -0.1) is 0 Å². The van der Waals surface area contributed by atoms with Gasteiger partial charge in [0.2, 0.25) is 0 Å². The fourth-order valence-corrected chi connectivity index (χ4v) is 1.50. The van der Waals surface area contributed by atoms with Crippen LogP contribution < -0.4 is 0 Å². The average molecular weight is 314 g/mol. The molecule has 0 heterocycles. The first-order chi connectivity index (χ1) is 5.27. The van der Waals surface area contributed by atoms with Crippen LogP contribution in [0, 0.1) is 0 Å². The van der Waals surface area contributed by atoms with Gasteiger partial charge in [0.15, 0.2) is 3.42 Å². The van der Waals surface area contributed by atoms with E-state index in [1.54, 1.807) is 0 Å². The lowest BCUT2D eigenvalue weighted by molar-refractivity contribution is -0.152. The molecule has 74 valence electrons. The Morgan fingerprint density at radius 2 is 1.75 bits per heavy atom. The molecule has 0 radical (unpaired) electrons. The fourth-order valence-electron chi connectivity index (χ4n) is 0.536. The van der Waals surface area contributed by atoms with Gasteiger partial charge in [-0.05, 0) is 38.3 Å². The Kier molecular flexibility index (Phi) is 5.10. The zero-order valence-corrected chi connectivity index (χ0v) is 9.59. The first-order valence-electron chi connectivity index (χ1n) is 3.35. The third kappa shape index (κ3) is 7.36. The van der Waals surface area contributed by atoms with Crippen molar-refractivity contribution in [3.05, 3.63) is 0 Å². The molecule has 0 unspecified atom stereocenters. The molecule has 6 heteroatoms. The maximum absolute atomic E-state index is 11.8. The SMILES string of the molecule is CCCOC(Br)(Br)CC(F)(F)F. The standard InChI is InChI=1S/C6H9Br2F3O/c1-2-3-12-5(7,8)4-6(9,10)11/h2-4H2,1H3. The highest BCUT2D eigenvalue weighted by atomic mass is 79.9. The first-order valence-corrected chi connectivity index (χ1v) is 4.94. The van der Waals surface area contributed by atoms with E-state index >= 15 is 0 Å². The minimum Gasteiger partial charge on any atom is -0.353 e. The van der Waals surface area contributed by atoms with Gasteiger partial charge in [-0.3, -0.25) is 0 Å². The maximum Gasteiger partial charge on any atom is 0.393 e. The molecule has 0 fully saturated rings. The maximum atomic E-state index is 11.8. The average Bonchev–Trinajstić information content (AvgIpc) is 1.78. The highest BCUT2D eigenvalue weighted by Crippen LogP contribution is 2.39. The number of hydrogen-bond donors (Lipinski definition) is 0. The molecular weight excluding hydrogens is 305 g/mol. The molecule has 0 spiro atoms. The van der Waals surface area contributed by atoms with Crippen molar-refractivity contribution in [3.63, 3.8) is 0 Å². The second kappa shape index (κ2) is 4.81. The third-order valence-corrected chi connectivity index (χ3v) is 1.94.